The van der Waals surface area contributed by atoms with Crippen LogP contribution in [-0.4, -0.2) is 208 Å². The lowest BCUT2D eigenvalue weighted by Gasteiger charge is -2.16. The summed E-state index contributed by atoms with van der Waals surface area (Å²) in [6.07, 6.45) is 5.54. The minimum Gasteiger partial charge on any atom is -0.494 e. The van der Waals surface area contributed by atoms with Gasteiger partial charge in [0.15, 0.2) is 0 Å². The molecule has 1 aliphatic rings. The quantitative estimate of drug-likeness (QED) is 0.0182. The number of rotatable bonds is 45. The van der Waals surface area contributed by atoms with E-state index in [1.165, 1.54) is 43.5 Å². The Balaban J connectivity index is 0.914. The number of allylic oxidation sites excluding steroid dienone is 2. The van der Waals surface area contributed by atoms with Gasteiger partial charge in [-0.2, -0.15) is 10.2 Å². The Bertz CT molecular complexity index is 3740. The number of primary amides is 2. The van der Waals surface area contributed by atoms with Gasteiger partial charge in [-0.3, -0.25) is 68.0 Å². The molecule has 512 valence electrons. The number of fused-ring (bicyclic) bond motifs is 2. The van der Waals surface area contributed by atoms with Gasteiger partial charge in [0.25, 0.3) is 23.6 Å². The fourth-order valence-electron chi connectivity index (χ4n) is 9.99. The van der Waals surface area contributed by atoms with E-state index >= 15 is 0 Å². The van der Waals surface area contributed by atoms with E-state index in [1.54, 1.807) is 56.6 Å². The molecule has 0 saturated carbocycles. The number of hydrogen-bond donors (Lipinski definition) is 6. The van der Waals surface area contributed by atoms with E-state index in [2.05, 4.69) is 26.1 Å². The minimum atomic E-state index is -1.13. The highest BCUT2D eigenvalue weighted by Gasteiger charge is 2.27. The second-order valence-electron chi connectivity index (χ2n) is 21.5. The Morgan fingerprint density at radius 1 is 0.600 bits per heavy atom. The summed E-state index contributed by atoms with van der Waals surface area (Å²) < 4.78 is 51.4. The van der Waals surface area contributed by atoms with Crippen molar-refractivity contribution in [2.75, 3.05) is 117 Å². The molecule has 7 rings (SSSR count). The highest BCUT2D eigenvalue weighted by molar-refractivity contribution is 6.13. The number of imidazole rings is 2. The number of ketones is 1. The van der Waals surface area contributed by atoms with Crippen molar-refractivity contribution in [3.63, 3.8) is 0 Å². The summed E-state index contributed by atoms with van der Waals surface area (Å²) in [5, 5.41) is 26.9. The number of anilines is 2. The monoisotopic (exact) mass is 1320 g/mol. The molecule has 0 spiro atoms. The lowest BCUT2D eigenvalue weighted by molar-refractivity contribution is -0.139. The molecule has 2 aromatic carbocycles. The van der Waals surface area contributed by atoms with Gasteiger partial charge in [-0.25, -0.2) is 9.97 Å². The summed E-state index contributed by atoms with van der Waals surface area (Å²) in [5.41, 5.74) is 14.8. The van der Waals surface area contributed by atoms with Crippen LogP contribution >= 0.6 is 0 Å². The van der Waals surface area contributed by atoms with Crippen LogP contribution in [0.5, 0.6) is 11.5 Å². The van der Waals surface area contributed by atoms with Crippen molar-refractivity contribution < 1.29 is 86.2 Å². The van der Waals surface area contributed by atoms with Gasteiger partial charge in [0, 0.05) is 81.2 Å². The number of aromatic nitrogens is 8. The lowest BCUT2D eigenvalue weighted by atomic mass is 9.95. The van der Waals surface area contributed by atoms with Gasteiger partial charge in [0.05, 0.1) is 122 Å². The number of Topliss-reactive ketones (excluding diaryl/α,β-unsaturated/α-hetero) is 1. The van der Waals surface area contributed by atoms with Crippen molar-refractivity contribution in [2.24, 2.45) is 17.4 Å². The van der Waals surface area contributed by atoms with E-state index in [0.29, 0.717) is 99.6 Å². The van der Waals surface area contributed by atoms with Crippen LogP contribution in [0.15, 0.2) is 60.7 Å². The average molecular weight is 1320 g/mol. The Morgan fingerprint density at radius 3 is 1.51 bits per heavy atom. The molecule has 32 heteroatoms. The molecule has 4 aromatic heterocycles. The van der Waals surface area contributed by atoms with Gasteiger partial charge in [-0.15, -0.1) is 0 Å². The largest absolute Gasteiger partial charge is 0.494 e. The van der Waals surface area contributed by atoms with Crippen LogP contribution in [0, 0.1) is 19.8 Å². The second-order valence-corrected chi connectivity index (χ2v) is 21.5. The number of nitrogens with zero attached hydrogens (tertiary/aromatic N) is 9. The summed E-state index contributed by atoms with van der Waals surface area (Å²) in [7, 11) is 1.42. The number of carbonyl (C=O) groups is 9. The number of hydrogen-bond acceptors (Lipinski definition) is 21. The van der Waals surface area contributed by atoms with E-state index in [-0.39, 0.29) is 155 Å². The molecular weight excluding hydrogens is 1240 g/mol. The average Bonchev–Trinajstić information content (AvgIpc) is 1.64. The van der Waals surface area contributed by atoms with Crippen molar-refractivity contribution in [3.8, 4) is 11.5 Å². The number of imide groups is 1. The number of carboxylic acid groups (broad SMARTS) is 1. The molecule has 0 bridgehead atoms. The van der Waals surface area contributed by atoms with E-state index < -0.39 is 41.4 Å². The van der Waals surface area contributed by atoms with Crippen molar-refractivity contribution >= 4 is 87.1 Å². The molecule has 0 unspecified atom stereocenters. The first kappa shape index (κ1) is 72.7. The Hall–Kier alpha value is -9.73. The van der Waals surface area contributed by atoms with E-state index in [0.717, 1.165) is 4.90 Å². The third-order valence-electron chi connectivity index (χ3n) is 14.6. The number of carboxylic acids is 1. The van der Waals surface area contributed by atoms with Crippen LogP contribution in [0.1, 0.15) is 99.0 Å². The number of nitrogens with two attached hydrogens (primary N) is 2. The highest BCUT2D eigenvalue weighted by atomic mass is 16.6. The van der Waals surface area contributed by atoms with Crippen LogP contribution in [0.25, 0.3) is 22.1 Å². The number of methoxy groups -OCH3 is 1. The van der Waals surface area contributed by atoms with Gasteiger partial charge in [-0.1, -0.05) is 12.2 Å². The molecular formula is C63H82N14O18. The van der Waals surface area contributed by atoms with Crippen molar-refractivity contribution in [1.29, 1.82) is 0 Å². The number of nitrogens with one attached hydrogen (secondary N) is 3. The van der Waals surface area contributed by atoms with Crippen LogP contribution in [-0.2, 0) is 78.6 Å². The summed E-state index contributed by atoms with van der Waals surface area (Å²) in [6, 6.07) is 9.15. The first-order valence-corrected chi connectivity index (χ1v) is 31.0. The first-order valence-electron chi connectivity index (χ1n) is 31.0. The summed E-state index contributed by atoms with van der Waals surface area (Å²) in [6.45, 7) is 11.7. The standard InChI is InChI=1S/C63H82N14O18/c1-6-76-48(33-40(3)71-76)60(86)69-62-67-46-36-43(57(64)83)38-50(88-5)55(46)74(62)17-8-9-18-75-56-47(68-63(75)70-61(87)49-34-41(4)72-77(49)7-2)37-44(58(65)84)39-51(56)95-20-10-16-66-59(85)42(11-14-54(81)82)35-45(78)15-21-89-23-25-91-27-29-93-31-32-94-30-28-92-26-24-90-22-19-73-52(79)12-13-53(73)80/h8-9,12-13,33-34,36-39,42H,6-7,10-11,14-32,35H2,1-5H3,(H2,64,83)(H2,65,84)(H,66,85)(H,81,82)(H,67,69,86)(H,68,70,87)/b9-8+/t42-/m1/s1. The molecule has 1 aliphatic heterocycles. The number of amides is 7. The zero-order valence-corrected chi connectivity index (χ0v) is 53.9. The normalized spacial score (nSPS) is 12.6. The van der Waals surface area contributed by atoms with Crippen LogP contribution in [0.2, 0.25) is 0 Å². The molecule has 1 atom stereocenters. The minimum absolute atomic E-state index is 0.0130. The Labute approximate surface area is 546 Å². The third-order valence-corrected chi connectivity index (χ3v) is 14.6. The van der Waals surface area contributed by atoms with Gasteiger partial charge in [-0.05, 0) is 76.9 Å². The Morgan fingerprint density at radius 2 is 1.05 bits per heavy atom. The van der Waals surface area contributed by atoms with Crippen LogP contribution in [0.4, 0.5) is 11.9 Å². The fourth-order valence-corrected chi connectivity index (χ4v) is 9.99. The van der Waals surface area contributed by atoms with Gasteiger partial charge >= 0.3 is 5.97 Å². The second kappa shape index (κ2) is 36.6. The van der Waals surface area contributed by atoms with Crippen LogP contribution < -0.4 is 36.9 Å². The SMILES string of the molecule is CCn1nc(C)cc1C(=O)Nc1nc2cc(C(N)=O)cc(OC)c2n1C/C=C/Cn1c(NC(=O)c2cc(C)nn2CC)nc2cc(C(N)=O)cc(OCCCNC(=O)[C@H](CCC(=O)O)CC(=O)CCOCCOCCOCCOCCOCCOCCN3C(=O)C=CC3=O)c21. The molecule has 6 aromatic rings. The smallest absolute Gasteiger partial charge is 0.303 e. The molecule has 95 heavy (non-hydrogen) atoms. The molecule has 0 radical (unpaired) electrons. The molecule has 7 amide bonds. The molecule has 32 nitrogen and oxygen atoms in total. The number of aryl methyl sites for hydroxylation is 4. The molecule has 0 aliphatic carbocycles. The zero-order valence-electron chi connectivity index (χ0n) is 53.9. The molecule has 8 N–H and O–H groups in total. The predicted molar refractivity (Wildman–Crippen MR) is 342 cm³/mol. The number of ether oxygens (including phenoxy) is 8. The molecule has 5 heterocycles. The van der Waals surface area contributed by atoms with E-state index in [1.807, 2.05) is 13.8 Å². The van der Waals surface area contributed by atoms with Crippen molar-refractivity contribution in [3.05, 3.63) is 94.6 Å². The van der Waals surface area contributed by atoms with E-state index in [4.69, 9.17) is 59.3 Å². The summed E-state index contributed by atoms with van der Waals surface area (Å²) in [4.78, 5) is 125. The number of aliphatic carboxylic acids is 1. The number of carbonyl (C=O) groups excluding carboxylic acids is 8. The topological polar surface area (TPSA) is 410 Å². The first-order chi connectivity index (χ1) is 45.8. The van der Waals surface area contributed by atoms with Gasteiger partial charge in [0.1, 0.15) is 39.7 Å². The predicted octanol–water partition coefficient (Wildman–Crippen LogP) is 3.14. The Kier molecular flexibility index (Phi) is 28.0. The third kappa shape index (κ3) is 21.1. The van der Waals surface area contributed by atoms with E-state index in [9.17, 15) is 48.3 Å². The lowest BCUT2D eigenvalue weighted by Crippen LogP contribution is -2.33. The summed E-state index contributed by atoms with van der Waals surface area (Å²) in [5.74, 6) is -5.54. The maximum Gasteiger partial charge on any atom is 0.303 e. The maximum absolute atomic E-state index is 14.0. The zero-order chi connectivity index (χ0) is 68.4. The molecule has 0 fully saturated rings. The van der Waals surface area contributed by atoms with Crippen molar-refractivity contribution in [1.82, 2.24) is 48.9 Å². The molecule has 0 saturated heterocycles. The highest BCUT2D eigenvalue weighted by Crippen LogP contribution is 2.33. The van der Waals surface area contributed by atoms with Crippen LogP contribution in [0.3, 0.4) is 0 Å². The fraction of sp³-hybridized carbons (Fsp3) is 0.476. The number of benzene rings is 2. The maximum atomic E-state index is 14.0. The van der Waals surface area contributed by atoms with Crippen molar-refractivity contribution in [2.45, 2.75) is 86.0 Å². The summed E-state index contributed by atoms with van der Waals surface area (Å²) >= 11 is 0. The van der Waals surface area contributed by atoms with Gasteiger partial charge < -0.3 is 68.9 Å². The van der Waals surface area contributed by atoms with Gasteiger partial charge in [0.2, 0.25) is 29.6 Å².